The molecule has 25 heavy (non-hydrogen) atoms. The molecular formula is C19H13F3N2S. The van der Waals surface area contributed by atoms with Gasteiger partial charge in [0, 0.05) is 33.1 Å². The van der Waals surface area contributed by atoms with Crippen molar-refractivity contribution < 1.29 is 13.2 Å². The zero-order valence-electron chi connectivity index (χ0n) is 13.2. The molecule has 0 unspecified atom stereocenters. The number of H-pyrrole nitrogens is 1. The first-order valence-electron chi connectivity index (χ1n) is 7.64. The number of para-hydroxylation sites is 1. The van der Waals surface area contributed by atoms with Gasteiger partial charge in [-0.3, -0.25) is 0 Å². The van der Waals surface area contributed by atoms with Crippen molar-refractivity contribution in [1.82, 2.24) is 9.97 Å². The molecule has 4 rings (SSSR count). The van der Waals surface area contributed by atoms with Gasteiger partial charge in [0.2, 0.25) is 0 Å². The van der Waals surface area contributed by atoms with Crippen molar-refractivity contribution >= 4 is 22.2 Å². The van der Waals surface area contributed by atoms with Crippen molar-refractivity contribution in [2.24, 2.45) is 0 Å². The molecule has 0 radical (unpaired) electrons. The van der Waals surface area contributed by atoms with Gasteiger partial charge in [-0.05, 0) is 25.1 Å². The minimum atomic E-state index is -4.33. The number of thiazole rings is 1. The molecular weight excluding hydrogens is 345 g/mol. The number of aromatic nitrogens is 2. The van der Waals surface area contributed by atoms with Gasteiger partial charge in [0.1, 0.15) is 5.01 Å². The summed E-state index contributed by atoms with van der Waals surface area (Å²) in [6.07, 6.45) is -4.33. The standard InChI is InChI=1S/C19H13F3N2S/c1-11-17(14-4-2-3-5-15(14)23-11)18-24-16(10-25-18)12-6-8-13(9-7-12)19(20,21)22/h2-10,23H,1H3. The van der Waals surface area contributed by atoms with Gasteiger partial charge in [0.25, 0.3) is 0 Å². The number of halogens is 3. The maximum atomic E-state index is 12.7. The van der Waals surface area contributed by atoms with Crippen LogP contribution in [0.5, 0.6) is 0 Å². The summed E-state index contributed by atoms with van der Waals surface area (Å²) in [5, 5.41) is 3.82. The summed E-state index contributed by atoms with van der Waals surface area (Å²) in [6, 6.07) is 13.1. The molecule has 2 aromatic carbocycles. The predicted octanol–water partition coefficient (Wildman–Crippen LogP) is 6.29. The van der Waals surface area contributed by atoms with E-state index in [0.29, 0.717) is 11.3 Å². The molecule has 2 aromatic heterocycles. The molecule has 4 aromatic rings. The Morgan fingerprint density at radius 2 is 1.72 bits per heavy atom. The number of hydrogen-bond acceptors (Lipinski definition) is 2. The lowest BCUT2D eigenvalue weighted by Gasteiger charge is -2.06. The van der Waals surface area contributed by atoms with Crippen LogP contribution in [0.4, 0.5) is 13.2 Å². The van der Waals surface area contributed by atoms with E-state index in [9.17, 15) is 13.2 Å². The minimum Gasteiger partial charge on any atom is -0.358 e. The van der Waals surface area contributed by atoms with Gasteiger partial charge < -0.3 is 4.98 Å². The van der Waals surface area contributed by atoms with Crippen LogP contribution in [0.15, 0.2) is 53.9 Å². The average molecular weight is 358 g/mol. The molecule has 0 amide bonds. The Balaban J connectivity index is 1.74. The Hall–Kier alpha value is -2.60. The van der Waals surface area contributed by atoms with Crippen LogP contribution < -0.4 is 0 Å². The van der Waals surface area contributed by atoms with E-state index < -0.39 is 11.7 Å². The molecule has 2 nitrogen and oxygen atoms in total. The third kappa shape index (κ3) is 2.82. The summed E-state index contributed by atoms with van der Waals surface area (Å²) in [5.41, 5.74) is 3.81. The average Bonchev–Trinajstić information content (AvgIpc) is 3.17. The molecule has 0 bridgehead atoms. The molecule has 2 heterocycles. The number of benzene rings is 2. The normalized spacial score (nSPS) is 12.0. The van der Waals surface area contributed by atoms with Crippen molar-refractivity contribution in [3.8, 4) is 21.8 Å². The summed E-state index contributed by atoms with van der Waals surface area (Å²) in [6.45, 7) is 1.99. The molecule has 0 atom stereocenters. The van der Waals surface area contributed by atoms with Crippen molar-refractivity contribution in [3.63, 3.8) is 0 Å². The van der Waals surface area contributed by atoms with E-state index >= 15 is 0 Å². The molecule has 0 fully saturated rings. The summed E-state index contributed by atoms with van der Waals surface area (Å²) in [5.74, 6) is 0. The highest BCUT2D eigenvalue weighted by atomic mass is 32.1. The third-order valence-corrected chi connectivity index (χ3v) is 4.98. The third-order valence-electron chi connectivity index (χ3n) is 4.12. The summed E-state index contributed by atoms with van der Waals surface area (Å²) >= 11 is 1.49. The summed E-state index contributed by atoms with van der Waals surface area (Å²) < 4.78 is 38.1. The van der Waals surface area contributed by atoms with E-state index in [1.807, 2.05) is 36.6 Å². The zero-order valence-corrected chi connectivity index (χ0v) is 14.0. The number of nitrogens with zero attached hydrogens (tertiary/aromatic N) is 1. The molecule has 0 saturated carbocycles. The highest BCUT2D eigenvalue weighted by Gasteiger charge is 2.30. The number of aryl methyl sites for hydroxylation is 1. The second-order valence-electron chi connectivity index (χ2n) is 5.78. The second-order valence-corrected chi connectivity index (χ2v) is 6.64. The number of hydrogen-bond donors (Lipinski definition) is 1. The van der Waals surface area contributed by atoms with E-state index in [1.54, 1.807) is 0 Å². The topological polar surface area (TPSA) is 28.7 Å². The molecule has 126 valence electrons. The number of fused-ring (bicyclic) bond motifs is 1. The minimum absolute atomic E-state index is 0.654. The van der Waals surface area contributed by atoms with Gasteiger partial charge in [-0.25, -0.2) is 4.98 Å². The fraction of sp³-hybridized carbons (Fsp3) is 0.105. The van der Waals surface area contributed by atoms with Gasteiger partial charge in [-0.2, -0.15) is 13.2 Å². The summed E-state index contributed by atoms with van der Waals surface area (Å²) in [4.78, 5) is 7.98. The van der Waals surface area contributed by atoms with Crippen LogP contribution in [0.2, 0.25) is 0 Å². The Kier molecular flexibility index (Phi) is 3.65. The van der Waals surface area contributed by atoms with Gasteiger partial charge in [0.05, 0.1) is 11.3 Å². The van der Waals surface area contributed by atoms with Crippen LogP contribution in [-0.2, 0) is 6.18 Å². The quantitative estimate of drug-likeness (QED) is 0.448. The Bertz CT molecular complexity index is 1040. The largest absolute Gasteiger partial charge is 0.416 e. The van der Waals surface area contributed by atoms with E-state index in [4.69, 9.17) is 0 Å². The smallest absolute Gasteiger partial charge is 0.358 e. The first kappa shape index (κ1) is 15.9. The van der Waals surface area contributed by atoms with Crippen LogP contribution in [0.25, 0.3) is 32.7 Å². The molecule has 0 saturated heterocycles. The molecule has 1 N–H and O–H groups in total. The van der Waals surface area contributed by atoms with Crippen LogP contribution in [-0.4, -0.2) is 9.97 Å². The van der Waals surface area contributed by atoms with Crippen LogP contribution in [0.1, 0.15) is 11.3 Å². The first-order valence-corrected chi connectivity index (χ1v) is 8.52. The Labute approximate surface area is 146 Å². The predicted molar refractivity (Wildman–Crippen MR) is 94.6 cm³/mol. The monoisotopic (exact) mass is 358 g/mol. The number of aromatic amines is 1. The van der Waals surface area contributed by atoms with Gasteiger partial charge in [-0.1, -0.05) is 30.3 Å². The van der Waals surface area contributed by atoms with E-state index in [2.05, 4.69) is 9.97 Å². The lowest BCUT2D eigenvalue weighted by atomic mass is 10.1. The van der Waals surface area contributed by atoms with Crippen molar-refractivity contribution in [1.29, 1.82) is 0 Å². The fourth-order valence-electron chi connectivity index (χ4n) is 2.90. The fourth-order valence-corrected chi connectivity index (χ4v) is 3.85. The summed E-state index contributed by atoms with van der Waals surface area (Å²) in [7, 11) is 0. The number of alkyl halides is 3. The molecule has 0 aliphatic carbocycles. The lowest BCUT2D eigenvalue weighted by molar-refractivity contribution is -0.137. The number of nitrogens with one attached hydrogen (secondary N) is 1. The number of rotatable bonds is 2. The Morgan fingerprint density at radius 1 is 1.00 bits per heavy atom. The molecule has 0 aliphatic rings. The Morgan fingerprint density at radius 3 is 2.44 bits per heavy atom. The van der Waals surface area contributed by atoms with E-state index in [0.717, 1.165) is 39.3 Å². The van der Waals surface area contributed by atoms with E-state index in [1.165, 1.54) is 23.5 Å². The van der Waals surface area contributed by atoms with Gasteiger partial charge in [0.15, 0.2) is 0 Å². The van der Waals surface area contributed by atoms with Crippen LogP contribution in [0, 0.1) is 6.92 Å². The van der Waals surface area contributed by atoms with Crippen molar-refractivity contribution in [3.05, 3.63) is 65.2 Å². The van der Waals surface area contributed by atoms with Gasteiger partial charge >= 0.3 is 6.18 Å². The van der Waals surface area contributed by atoms with Gasteiger partial charge in [-0.15, -0.1) is 11.3 Å². The first-order chi connectivity index (χ1) is 11.9. The highest BCUT2D eigenvalue weighted by molar-refractivity contribution is 7.13. The molecule has 0 aliphatic heterocycles. The highest BCUT2D eigenvalue weighted by Crippen LogP contribution is 2.36. The zero-order chi connectivity index (χ0) is 17.6. The second kappa shape index (κ2) is 5.74. The van der Waals surface area contributed by atoms with Crippen LogP contribution in [0.3, 0.4) is 0 Å². The maximum absolute atomic E-state index is 12.7. The maximum Gasteiger partial charge on any atom is 0.416 e. The van der Waals surface area contributed by atoms with Crippen LogP contribution >= 0.6 is 11.3 Å². The van der Waals surface area contributed by atoms with Crippen molar-refractivity contribution in [2.45, 2.75) is 13.1 Å². The molecule has 0 spiro atoms. The van der Waals surface area contributed by atoms with Crippen molar-refractivity contribution in [2.75, 3.05) is 0 Å². The van der Waals surface area contributed by atoms with E-state index in [-0.39, 0.29) is 0 Å². The SMILES string of the molecule is Cc1[nH]c2ccccc2c1-c1nc(-c2ccc(C(F)(F)F)cc2)cs1. The lowest BCUT2D eigenvalue weighted by Crippen LogP contribution is -2.03. The molecule has 6 heteroatoms.